The van der Waals surface area contributed by atoms with Crippen LogP contribution in [0.1, 0.15) is 151 Å². The number of nitrogen functional groups attached to an aromatic ring is 2. The second-order valence-corrected chi connectivity index (χ2v) is 29.6. The molecule has 8 aromatic rings. The van der Waals surface area contributed by atoms with E-state index >= 15 is 0 Å². The molecule has 0 radical (unpaired) electrons. The molecule has 34 nitrogen and oxygen atoms in total. The molecule has 5 unspecified atom stereocenters. The summed E-state index contributed by atoms with van der Waals surface area (Å²) >= 11 is 2.30. The van der Waals surface area contributed by atoms with Crippen molar-refractivity contribution in [3.8, 4) is 69.0 Å². The number of esters is 4. The number of hydrogen-bond donors (Lipinski definition) is 8. The van der Waals surface area contributed by atoms with Crippen LogP contribution in [0.15, 0.2) is 109 Å². The largest absolute Gasteiger partial charge is 0.480 e. The lowest BCUT2D eigenvalue weighted by Gasteiger charge is -2.25. The average Bonchev–Trinajstić information content (AvgIpc) is 1.76. The molecule has 0 saturated heterocycles. The summed E-state index contributed by atoms with van der Waals surface area (Å²) in [6.45, 7) is 22.6. The van der Waals surface area contributed by atoms with Crippen LogP contribution in [0.4, 0.5) is 20.5 Å². The quantitative estimate of drug-likeness (QED) is 0.0269. The molecule has 2 aromatic heterocycles. The van der Waals surface area contributed by atoms with E-state index in [4.69, 9.17) is 110 Å². The maximum atomic E-state index is 12.7. The fourth-order valence-electron chi connectivity index (χ4n) is 10.0. The van der Waals surface area contributed by atoms with Gasteiger partial charge in [-0.05, 0) is 149 Å². The summed E-state index contributed by atoms with van der Waals surface area (Å²) in [5.74, 6) is 3.97. The van der Waals surface area contributed by atoms with Crippen LogP contribution in [-0.2, 0) is 42.9 Å². The van der Waals surface area contributed by atoms with Crippen molar-refractivity contribution in [1.82, 2.24) is 20.4 Å². The predicted octanol–water partition coefficient (Wildman–Crippen LogP) is 9.93. The smallest absolute Gasteiger partial charge is 0.334 e. The van der Waals surface area contributed by atoms with E-state index in [1.165, 1.54) is 0 Å². The minimum atomic E-state index is -1.09. The van der Waals surface area contributed by atoms with E-state index < -0.39 is 82.5 Å². The van der Waals surface area contributed by atoms with Crippen molar-refractivity contribution in [3.05, 3.63) is 143 Å². The second-order valence-electron chi connectivity index (χ2n) is 27.6. The van der Waals surface area contributed by atoms with Crippen LogP contribution in [0.3, 0.4) is 0 Å². The Morgan fingerprint density at radius 3 is 1.17 bits per heavy atom. The molecular formula is C73H85N11O23S2. The molecule has 6 aromatic carbocycles. The molecule has 0 fully saturated rings. The highest BCUT2D eigenvalue weighted by molar-refractivity contribution is 7.19. The lowest BCUT2D eigenvalue weighted by molar-refractivity contribution is -0.157. The van der Waals surface area contributed by atoms with Crippen molar-refractivity contribution in [3.63, 3.8) is 0 Å². The zero-order chi connectivity index (χ0) is 79.1. The molecule has 6 aliphatic rings. The van der Waals surface area contributed by atoms with Crippen LogP contribution in [0.5, 0.6) is 69.0 Å². The van der Waals surface area contributed by atoms with Gasteiger partial charge in [0.2, 0.25) is 61.3 Å². The molecule has 14 rings (SSSR count). The molecule has 0 saturated carbocycles. The first-order valence-corrected chi connectivity index (χ1v) is 35.1. The van der Waals surface area contributed by atoms with Crippen molar-refractivity contribution < 1.29 is 110 Å². The standard InChI is InChI=1S/2C15H18N4O4S.2C13H17NO4.C9H9NO4.C8H6O3/c1-15(2,3)23-12(20)11(17-14-19-18-13(16)24-14)8-4-5-9-10(6-8)22-7-21-9;1-15(2,3)23-12(20)10(17-14-19-18-13(16)24-14)8-5-4-6-9-11(8)22-7-21-9;1-13(2,3)18-12(15)11(14)8-4-5-9-10(6-8)17-7-16-9;1-13(2,3)18-12(15)10(14)8-5-4-6-9-11(8)17-7-16-9;10-7(9(11)12)5-2-1-3-6-8(5)14-4-13-6;9-4-6-2-1-3-7-8(6)11-5-10-7/h4-6,11H,7H2,1-3H3,(H2,16,18)(H,17,19);4-6,10H,7H2,1-3H3,(H2,16,18)(H,17,19);4-6,11H,7,14H2,1-3H3;4-6,10H,7,14H2,1-3H3;1-3,7H,4,10H2,(H,11,12);1-4H,5H2. The van der Waals surface area contributed by atoms with E-state index in [2.05, 4.69) is 31.0 Å². The van der Waals surface area contributed by atoms with Gasteiger partial charge in [0, 0.05) is 16.7 Å². The van der Waals surface area contributed by atoms with E-state index in [1.807, 2.05) is 20.8 Å². The zero-order valence-corrected chi connectivity index (χ0v) is 63.2. The van der Waals surface area contributed by atoms with Crippen molar-refractivity contribution >= 4 is 79.3 Å². The van der Waals surface area contributed by atoms with Crippen LogP contribution in [0.2, 0.25) is 0 Å². The molecule has 0 bridgehead atoms. The Morgan fingerprint density at radius 2 is 0.743 bits per heavy atom. The van der Waals surface area contributed by atoms with E-state index in [0.29, 0.717) is 123 Å². The van der Waals surface area contributed by atoms with Crippen molar-refractivity contribution in [1.29, 1.82) is 0 Å². The maximum absolute atomic E-state index is 12.7. The predicted molar refractivity (Wildman–Crippen MR) is 394 cm³/mol. The lowest BCUT2D eigenvalue weighted by Crippen LogP contribution is -2.31. The number of nitrogens with zero attached hydrogens (tertiary/aromatic N) is 4. The molecule has 0 aliphatic carbocycles. The molecular weight excluding hydrogens is 1460 g/mol. The minimum absolute atomic E-state index is 0.110. The van der Waals surface area contributed by atoms with Gasteiger partial charge in [-0.15, -0.1) is 20.4 Å². The molecule has 6 aliphatic heterocycles. The van der Waals surface area contributed by atoms with Crippen LogP contribution in [-0.4, -0.2) is 125 Å². The summed E-state index contributed by atoms with van der Waals surface area (Å²) in [6, 6.07) is 27.0. The van der Waals surface area contributed by atoms with Gasteiger partial charge >= 0.3 is 29.8 Å². The monoisotopic (exact) mass is 1550 g/mol. The number of carboxylic acid groups (broad SMARTS) is 1. The fraction of sp³-hybridized carbons (Fsp3) is 0.370. The van der Waals surface area contributed by atoms with Gasteiger partial charge in [0.05, 0.1) is 5.56 Å². The Bertz CT molecular complexity index is 4550. The lowest BCUT2D eigenvalue weighted by atomic mass is 10.0. The first-order chi connectivity index (χ1) is 51.5. The molecule has 582 valence electrons. The third-order valence-electron chi connectivity index (χ3n) is 14.6. The third-order valence-corrected chi connectivity index (χ3v) is 16.0. The van der Waals surface area contributed by atoms with Gasteiger partial charge in [-0.1, -0.05) is 77.3 Å². The zero-order valence-electron chi connectivity index (χ0n) is 61.5. The van der Waals surface area contributed by atoms with Crippen LogP contribution < -0.4 is 96.1 Å². The fourth-order valence-corrected chi connectivity index (χ4v) is 11.1. The van der Waals surface area contributed by atoms with Gasteiger partial charge in [-0.25, -0.2) is 19.2 Å². The summed E-state index contributed by atoms with van der Waals surface area (Å²) in [5.41, 5.74) is 29.6. The second kappa shape index (κ2) is 35.2. The molecule has 0 amide bonds. The topological polar surface area (TPSA) is 476 Å². The number of rotatable bonds is 15. The van der Waals surface area contributed by atoms with Gasteiger partial charge in [0.15, 0.2) is 87.4 Å². The maximum Gasteiger partial charge on any atom is 0.334 e. The molecule has 36 heteroatoms. The molecule has 13 N–H and O–H groups in total. The summed E-state index contributed by atoms with van der Waals surface area (Å²) in [6.07, 6.45) is 0.757. The summed E-state index contributed by atoms with van der Waals surface area (Å²) in [4.78, 5) is 70.2. The number of aromatic nitrogens is 4. The number of benzene rings is 6. The van der Waals surface area contributed by atoms with Crippen LogP contribution in [0.25, 0.3) is 0 Å². The van der Waals surface area contributed by atoms with Crippen molar-refractivity contribution in [2.75, 3.05) is 62.9 Å². The van der Waals surface area contributed by atoms with E-state index in [-0.39, 0.29) is 40.8 Å². The van der Waals surface area contributed by atoms with Crippen molar-refractivity contribution in [2.24, 2.45) is 17.2 Å². The molecule has 5 atom stereocenters. The number of para-hydroxylation sites is 4. The highest BCUT2D eigenvalue weighted by atomic mass is 32.1. The van der Waals surface area contributed by atoms with Gasteiger partial charge in [0.1, 0.15) is 40.5 Å². The van der Waals surface area contributed by atoms with Gasteiger partial charge in [-0.2, -0.15) is 0 Å². The highest BCUT2D eigenvalue weighted by Gasteiger charge is 2.35. The Labute approximate surface area is 633 Å². The number of aldehydes is 1. The number of carboxylic acids is 1. The SMILES string of the molecule is CC(C)(C)OC(=O)C(N)c1ccc2c(c1)OCO2.CC(C)(C)OC(=O)C(N)c1cccc2c1OCO2.CC(C)(C)OC(=O)C(Nc1nnc(N)s1)c1ccc2c(c1)OCO2.CC(C)(C)OC(=O)C(Nc1nnc(N)s1)c1cccc2c1OCO2.NC(C(=O)O)c1cccc2c1OCO2.O=Cc1cccc2c1OCO2. The van der Waals surface area contributed by atoms with E-state index in [9.17, 15) is 28.8 Å². The first kappa shape index (κ1) is 81.2. The molecule has 109 heavy (non-hydrogen) atoms. The normalized spacial score (nSPS) is 14.6. The number of nitrogens with one attached hydrogen (secondary N) is 2. The van der Waals surface area contributed by atoms with Gasteiger partial charge in [0.25, 0.3) is 0 Å². The number of carbonyl (C=O) groups is 6. The average molecular weight is 1550 g/mol. The summed E-state index contributed by atoms with van der Waals surface area (Å²) in [5, 5.41) is 31.6. The summed E-state index contributed by atoms with van der Waals surface area (Å²) < 4.78 is 84.4. The highest BCUT2D eigenvalue weighted by Crippen LogP contribution is 2.44. The Hall–Kier alpha value is -11.9. The number of nitrogens with two attached hydrogens (primary N) is 5. The Morgan fingerprint density at radius 1 is 0.404 bits per heavy atom. The summed E-state index contributed by atoms with van der Waals surface area (Å²) in [7, 11) is 0. The van der Waals surface area contributed by atoms with E-state index in [0.717, 1.165) is 29.0 Å². The number of hydrogen-bond acceptors (Lipinski definition) is 35. The Balaban J connectivity index is 0.000000153. The number of carbonyl (C=O) groups excluding carboxylic acids is 5. The first-order valence-electron chi connectivity index (χ1n) is 33.4. The number of aliphatic carboxylic acids is 1. The minimum Gasteiger partial charge on any atom is -0.480 e. The van der Waals surface area contributed by atoms with Gasteiger partial charge in [-0.3, -0.25) is 9.59 Å². The van der Waals surface area contributed by atoms with E-state index in [1.54, 1.807) is 172 Å². The van der Waals surface area contributed by atoms with Crippen molar-refractivity contribution in [2.45, 2.75) is 136 Å². The number of fused-ring (bicyclic) bond motifs is 6. The van der Waals surface area contributed by atoms with Crippen LogP contribution in [0, 0.1) is 0 Å². The number of ether oxygens (including phenoxy) is 16. The van der Waals surface area contributed by atoms with Gasteiger partial charge < -0.3 is 120 Å². The Kier molecular flexibility index (Phi) is 26.3. The van der Waals surface area contributed by atoms with Crippen LogP contribution >= 0.6 is 22.7 Å². The third kappa shape index (κ3) is 22.6. The number of anilines is 4. The molecule has 0 spiro atoms. The molecule has 8 heterocycles.